The average molecular weight is 473 g/mol. The lowest BCUT2D eigenvalue weighted by atomic mass is 10.1. The van der Waals surface area contributed by atoms with Crippen molar-refractivity contribution in [1.82, 2.24) is 20.2 Å². The molecule has 0 spiro atoms. The van der Waals surface area contributed by atoms with E-state index in [4.69, 9.17) is 0 Å². The van der Waals surface area contributed by atoms with Crippen LogP contribution >= 0.6 is 24.0 Å². The number of aliphatic imine (C=N–C) groups is 1. The molecule has 2 rings (SSSR count). The second-order valence-electron chi connectivity index (χ2n) is 6.56. The molecule has 2 N–H and O–H groups in total. The standard InChI is InChI=1S/C19H28FN5.HI/c1-14(2)13-25-10-9-22-18(25)12-24-19(21-4)23-8-7-16-5-6-17(20)11-15(16)3;/h5-6,9-11,14H,7-8,12-13H2,1-4H3,(H2,21,23,24);1H. The molecule has 0 radical (unpaired) electrons. The first-order valence-corrected chi connectivity index (χ1v) is 8.69. The lowest BCUT2D eigenvalue weighted by Gasteiger charge is -2.14. The molecular formula is C19H29FIN5. The highest BCUT2D eigenvalue weighted by atomic mass is 127. The third-order valence-corrected chi connectivity index (χ3v) is 3.99. The molecule has 0 unspecified atom stereocenters. The Morgan fingerprint density at radius 3 is 2.73 bits per heavy atom. The molecule has 0 amide bonds. The van der Waals surface area contributed by atoms with E-state index in [-0.39, 0.29) is 29.8 Å². The number of hydrogen-bond acceptors (Lipinski definition) is 2. The fraction of sp³-hybridized carbons (Fsp3) is 0.474. The van der Waals surface area contributed by atoms with E-state index in [0.717, 1.165) is 42.4 Å². The molecule has 0 aliphatic heterocycles. The third kappa shape index (κ3) is 6.93. The van der Waals surface area contributed by atoms with Gasteiger partial charge in [0.05, 0.1) is 6.54 Å². The fourth-order valence-corrected chi connectivity index (χ4v) is 2.71. The second kappa shape index (κ2) is 11.2. The first kappa shape index (κ1) is 22.4. The van der Waals surface area contributed by atoms with Gasteiger partial charge in [-0.3, -0.25) is 4.99 Å². The number of rotatable bonds is 7. The Morgan fingerprint density at radius 2 is 2.08 bits per heavy atom. The number of benzene rings is 1. The van der Waals surface area contributed by atoms with E-state index < -0.39 is 0 Å². The summed E-state index contributed by atoms with van der Waals surface area (Å²) in [6, 6.07) is 4.91. The van der Waals surface area contributed by atoms with Gasteiger partial charge in [0.25, 0.3) is 0 Å². The minimum atomic E-state index is -0.191. The molecule has 0 saturated heterocycles. The predicted molar refractivity (Wildman–Crippen MR) is 116 cm³/mol. The molecule has 26 heavy (non-hydrogen) atoms. The quantitative estimate of drug-likeness (QED) is 0.368. The Labute approximate surface area is 172 Å². The van der Waals surface area contributed by atoms with Gasteiger partial charge in [-0.05, 0) is 42.5 Å². The zero-order valence-electron chi connectivity index (χ0n) is 15.9. The van der Waals surface area contributed by atoms with Crippen molar-refractivity contribution >= 4 is 29.9 Å². The van der Waals surface area contributed by atoms with Crippen molar-refractivity contribution in [3.05, 3.63) is 53.4 Å². The number of aromatic nitrogens is 2. The van der Waals surface area contributed by atoms with E-state index in [0.29, 0.717) is 12.5 Å². The monoisotopic (exact) mass is 473 g/mol. The van der Waals surface area contributed by atoms with Gasteiger partial charge >= 0.3 is 0 Å². The summed E-state index contributed by atoms with van der Waals surface area (Å²) in [5, 5.41) is 6.58. The predicted octanol–water partition coefficient (Wildman–Crippen LogP) is 3.51. The van der Waals surface area contributed by atoms with Crippen LogP contribution in [0.1, 0.15) is 30.8 Å². The lowest BCUT2D eigenvalue weighted by molar-refractivity contribution is 0.503. The normalized spacial score (nSPS) is 11.4. The Kier molecular flexibility index (Phi) is 9.61. The zero-order valence-corrected chi connectivity index (χ0v) is 18.3. The summed E-state index contributed by atoms with van der Waals surface area (Å²) >= 11 is 0. The van der Waals surface area contributed by atoms with Crippen molar-refractivity contribution in [3.8, 4) is 0 Å². The van der Waals surface area contributed by atoms with Gasteiger partial charge in [-0.2, -0.15) is 0 Å². The molecule has 2 aromatic rings. The minimum Gasteiger partial charge on any atom is -0.356 e. The van der Waals surface area contributed by atoms with Crippen LogP contribution < -0.4 is 10.6 Å². The number of aryl methyl sites for hydroxylation is 1. The summed E-state index contributed by atoms with van der Waals surface area (Å²) in [7, 11) is 1.75. The van der Waals surface area contributed by atoms with Crippen LogP contribution in [0.2, 0.25) is 0 Å². The summed E-state index contributed by atoms with van der Waals surface area (Å²) < 4.78 is 15.3. The first-order chi connectivity index (χ1) is 12.0. The van der Waals surface area contributed by atoms with Crippen LogP contribution in [0, 0.1) is 18.7 Å². The van der Waals surface area contributed by atoms with E-state index in [1.54, 1.807) is 13.1 Å². The topological polar surface area (TPSA) is 54.2 Å². The largest absolute Gasteiger partial charge is 0.356 e. The molecule has 1 aromatic carbocycles. The highest BCUT2D eigenvalue weighted by Crippen LogP contribution is 2.10. The number of imidazole rings is 1. The Bertz CT molecular complexity index is 712. The van der Waals surface area contributed by atoms with Crippen molar-refractivity contribution in [1.29, 1.82) is 0 Å². The minimum absolute atomic E-state index is 0. The maximum absolute atomic E-state index is 13.1. The van der Waals surface area contributed by atoms with Crippen molar-refractivity contribution in [2.24, 2.45) is 10.9 Å². The summed E-state index contributed by atoms with van der Waals surface area (Å²) in [6.45, 7) is 8.61. The van der Waals surface area contributed by atoms with Gasteiger partial charge in [-0.15, -0.1) is 24.0 Å². The van der Waals surface area contributed by atoms with Crippen LogP contribution in [0.15, 0.2) is 35.6 Å². The van der Waals surface area contributed by atoms with Crippen LogP contribution in [0.5, 0.6) is 0 Å². The molecule has 1 aromatic heterocycles. The van der Waals surface area contributed by atoms with Gasteiger partial charge in [-0.1, -0.05) is 19.9 Å². The molecular weight excluding hydrogens is 444 g/mol. The molecule has 0 atom stereocenters. The third-order valence-electron chi connectivity index (χ3n) is 3.99. The Hall–Kier alpha value is -1.64. The molecule has 0 bridgehead atoms. The van der Waals surface area contributed by atoms with Crippen LogP contribution in [-0.4, -0.2) is 29.1 Å². The zero-order chi connectivity index (χ0) is 18.2. The number of nitrogens with zero attached hydrogens (tertiary/aromatic N) is 3. The van der Waals surface area contributed by atoms with E-state index in [1.807, 2.05) is 25.4 Å². The van der Waals surface area contributed by atoms with Gasteiger partial charge in [-0.25, -0.2) is 9.37 Å². The average Bonchev–Trinajstić information content (AvgIpc) is 2.99. The van der Waals surface area contributed by atoms with Gasteiger partial charge in [0.15, 0.2) is 5.96 Å². The van der Waals surface area contributed by atoms with Crippen molar-refractivity contribution in [2.75, 3.05) is 13.6 Å². The van der Waals surface area contributed by atoms with Gasteiger partial charge < -0.3 is 15.2 Å². The maximum Gasteiger partial charge on any atom is 0.191 e. The molecule has 0 aliphatic carbocycles. The van der Waals surface area contributed by atoms with Crippen LogP contribution in [0.25, 0.3) is 0 Å². The van der Waals surface area contributed by atoms with Crippen LogP contribution in [-0.2, 0) is 19.5 Å². The second-order valence-corrected chi connectivity index (χ2v) is 6.56. The highest BCUT2D eigenvalue weighted by molar-refractivity contribution is 14.0. The van der Waals surface area contributed by atoms with E-state index in [9.17, 15) is 4.39 Å². The SMILES string of the molecule is CN=C(NCCc1ccc(F)cc1C)NCc1nccn1CC(C)C.I. The summed E-state index contributed by atoms with van der Waals surface area (Å²) in [6.07, 6.45) is 4.65. The van der Waals surface area contributed by atoms with E-state index in [2.05, 4.69) is 39.0 Å². The number of halogens is 2. The molecule has 7 heteroatoms. The van der Waals surface area contributed by atoms with Gasteiger partial charge in [0, 0.05) is 32.5 Å². The summed E-state index contributed by atoms with van der Waals surface area (Å²) in [4.78, 5) is 8.65. The molecule has 5 nitrogen and oxygen atoms in total. The van der Waals surface area contributed by atoms with Gasteiger partial charge in [0.2, 0.25) is 0 Å². The van der Waals surface area contributed by atoms with E-state index in [1.165, 1.54) is 6.07 Å². The lowest BCUT2D eigenvalue weighted by Crippen LogP contribution is -2.38. The smallest absolute Gasteiger partial charge is 0.191 e. The fourth-order valence-electron chi connectivity index (χ4n) is 2.71. The highest BCUT2D eigenvalue weighted by Gasteiger charge is 2.06. The Balaban J connectivity index is 0.00000338. The van der Waals surface area contributed by atoms with Crippen molar-refractivity contribution in [3.63, 3.8) is 0 Å². The number of guanidine groups is 1. The molecule has 0 aliphatic rings. The Morgan fingerprint density at radius 1 is 1.31 bits per heavy atom. The van der Waals surface area contributed by atoms with Crippen molar-refractivity contribution in [2.45, 2.75) is 40.3 Å². The van der Waals surface area contributed by atoms with Gasteiger partial charge in [0.1, 0.15) is 11.6 Å². The summed E-state index contributed by atoms with van der Waals surface area (Å²) in [5.41, 5.74) is 2.11. The maximum atomic E-state index is 13.1. The molecule has 0 fully saturated rings. The molecule has 144 valence electrons. The summed E-state index contributed by atoms with van der Waals surface area (Å²) in [5.74, 6) is 2.11. The number of nitrogens with one attached hydrogen (secondary N) is 2. The van der Waals surface area contributed by atoms with Crippen LogP contribution in [0.4, 0.5) is 4.39 Å². The van der Waals surface area contributed by atoms with E-state index >= 15 is 0 Å². The van der Waals surface area contributed by atoms with Crippen LogP contribution in [0.3, 0.4) is 0 Å². The number of hydrogen-bond donors (Lipinski definition) is 2. The first-order valence-electron chi connectivity index (χ1n) is 8.69. The molecule has 0 saturated carbocycles. The van der Waals surface area contributed by atoms with Crippen molar-refractivity contribution < 1.29 is 4.39 Å². The molecule has 1 heterocycles.